The van der Waals surface area contributed by atoms with Crippen LogP contribution >= 0.6 is 34.8 Å². The van der Waals surface area contributed by atoms with Crippen molar-refractivity contribution in [1.82, 2.24) is 19.9 Å². The average Bonchev–Trinajstić information content (AvgIpc) is 3.00. The van der Waals surface area contributed by atoms with Gasteiger partial charge in [-0.15, -0.1) is 10.2 Å². The molecule has 9 heteroatoms. The fourth-order valence-corrected chi connectivity index (χ4v) is 2.78. The first kappa shape index (κ1) is 17.8. The number of amides is 1. The Morgan fingerprint density at radius 1 is 1.12 bits per heavy atom. The van der Waals surface area contributed by atoms with Gasteiger partial charge in [-0.25, -0.2) is 0 Å². The minimum Gasteiger partial charge on any atom is -0.482 e. The maximum absolute atomic E-state index is 11.9. The molecule has 130 valence electrons. The van der Waals surface area contributed by atoms with Crippen molar-refractivity contribution in [2.45, 2.75) is 6.42 Å². The van der Waals surface area contributed by atoms with Crippen molar-refractivity contribution in [2.75, 3.05) is 13.2 Å². The van der Waals surface area contributed by atoms with Crippen molar-refractivity contribution in [3.05, 3.63) is 57.4 Å². The summed E-state index contributed by atoms with van der Waals surface area (Å²) in [6, 6.07) is 8.59. The highest BCUT2D eigenvalue weighted by Crippen LogP contribution is 2.33. The Bertz CT molecular complexity index is 914. The standard InChI is InChI=1S/C16H13Cl3N4O2/c17-10-7-12(19)13(8-11(10)18)25-9-16(24)20-5-4-15-22-21-14-3-1-2-6-23(14)15/h1-3,6-8H,4-5,9H2,(H,20,24). The first-order valence-electron chi connectivity index (χ1n) is 7.37. The Balaban J connectivity index is 1.49. The summed E-state index contributed by atoms with van der Waals surface area (Å²) < 4.78 is 7.25. The zero-order chi connectivity index (χ0) is 17.8. The third-order valence-electron chi connectivity index (χ3n) is 3.39. The van der Waals surface area contributed by atoms with Gasteiger partial charge in [0.25, 0.3) is 5.91 Å². The predicted molar refractivity (Wildman–Crippen MR) is 96.7 cm³/mol. The maximum atomic E-state index is 11.9. The molecule has 1 aromatic carbocycles. The summed E-state index contributed by atoms with van der Waals surface area (Å²) in [5.41, 5.74) is 0.765. The maximum Gasteiger partial charge on any atom is 0.257 e. The molecule has 2 heterocycles. The van der Waals surface area contributed by atoms with E-state index in [1.165, 1.54) is 12.1 Å². The number of benzene rings is 1. The highest BCUT2D eigenvalue weighted by Gasteiger charge is 2.10. The van der Waals surface area contributed by atoms with Gasteiger partial charge in [-0.1, -0.05) is 40.9 Å². The van der Waals surface area contributed by atoms with Crippen LogP contribution in [0, 0.1) is 0 Å². The van der Waals surface area contributed by atoms with Gasteiger partial charge in [0.2, 0.25) is 0 Å². The number of pyridine rings is 1. The fourth-order valence-electron chi connectivity index (χ4n) is 2.18. The zero-order valence-electron chi connectivity index (χ0n) is 12.9. The summed E-state index contributed by atoms with van der Waals surface area (Å²) >= 11 is 17.7. The Labute approximate surface area is 158 Å². The molecule has 2 aromatic heterocycles. The van der Waals surface area contributed by atoms with E-state index in [4.69, 9.17) is 39.5 Å². The molecule has 3 aromatic rings. The normalized spacial score (nSPS) is 10.8. The molecule has 0 saturated heterocycles. The molecule has 0 spiro atoms. The summed E-state index contributed by atoms with van der Waals surface area (Å²) in [5, 5.41) is 11.8. The number of halogens is 3. The molecule has 1 amide bonds. The lowest BCUT2D eigenvalue weighted by molar-refractivity contribution is -0.123. The Morgan fingerprint density at radius 2 is 1.92 bits per heavy atom. The van der Waals surface area contributed by atoms with E-state index in [1.54, 1.807) is 0 Å². The highest BCUT2D eigenvalue weighted by molar-refractivity contribution is 6.43. The molecule has 3 rings (SSSR count). The lowest BCUT2D eigenvalue weighted by atomic mass is 10.3. The number of aromatic nitrogens is 3. The van der Waals surface area contributed by atoms with E-state index in [9.17, 15) is 4.79 Å². The molecule has 0 aliphatic carbocycles. The molecule has 6 nitrogen and oxygen atoms in total. The molecule has 0 aliphatic heterocycles. The molecule has 1 N–H and O–H groups in total. The average molecular weight is 400 g/mol. The number of carbonyl (C=O) groups excluding carboxylic acids is 1. The van der Waals surface area contributed by atoms with Gasteiger partial charge in [-0.2, -0.15) is 0 Å². The van der Waals surface area contributed by atoms with Crippen molar-refractivity contribution in [3.63, 3.8) is 0 Å². The van der Waals surface area contributed by atoms with Crippen LogP contribution < -0.4 is 10.1 Å². The van der Waals surface area contributed by atoms with E-state index in [0.717, 1.165) is 11.5 Å². The van der Waals surface area contributed by atoms with Gasteiger partial charge in [0.05, 0.1) is 15.1 Å². The number of nitrogens with zero attached hydrogens (tertiary/aromatic N) is 3. The number of hydrogen-bond donors (Lipinski definition) is 1. The van der Waals surface area contributed by atoms with Crippen molar-refractivity contribution < 1.29 is 9.53 Å². The monoisotopic (exact) mass is 398 g/mol. The van der Waals surface area contributed by atoms with Crippen LogP contribution in [0.5, 0.6) is 5.75 Å². The molecule has 0 atom stereocenters. The molecular formula is C16H13Cl3N4O2. The Morgan fingerprint density at radius 3 is 2.76 bits per heavy atom. The summed E-state index contributed by atoms with van der Waals surface area (Å²) in [7, 11) is 0. The number of ether oxygens (including phenoxy) is 1. The predicted octanol–water partition coefficient (Wildman–Crippen LogP) is 3.43. The van der Waals surface area contributed by atoms with Crippen molar-refractivity contribution in [3.8, 4) is 5.75 Å². The molecule has 0 aliphatic rings. The van der Waals surface area contributed by atoms with E-state index in [1.807, 2.05) is 28.8 Å². The summed E-state index contributed by atoms with van der Waals surface area (Å²) in [6.45, 7) is 0.227. The van der Waals surface area contributed by atoms with Gasteiger partial charge in [-0.3, -0.25) is 9.20 Å². The van der Waals surface area contributed by atoms with Gasteiger partial charge in [-0.05, 0) is 18.2 Å². The van der Waals surface area contributed by atoms with Crippen LogP contribution in [0.4, 0.5) is 0 Å². The van der Waals surface area contributed by atoms with E-state index < -0.39 is 0 Å². The van der Waals surface area contributed by atoms with Gasteiger partial charge in [0, 0.05) is 25.2 Å². The number of carbonyl (C=O) groups is 1. The molecular weight excluding hydrogens is 387 g/mol. The minimum absolute atomic E-state index is 0.182. The Kier molecular flexibility index (Phi) is 5.63. The molecule has 0 fully saturated rings. The lowest BCUT2D eigenvalue weighted by Crippen LogP contribution is -2.30. The van der Waals surface area contributed by atoms with E-state index in [2.05, 4.69) is 15.5 Å². The molecule has 25 heavy (non-hydrogen) atoms. The summed E-state index contributed by atoms with van der Waals surface area (Å²) in [5.74, 6) is 0.787. The van der Waals surface area contributed by atoms with Crippen molar-refractivity contribution in [1.29, 1.82) is 0 Å². The molecule has 0 unspecified atom stereocenters. The number of rotatable bonds is 6. The second-order valence-electron chi connectivity index (χ2n) is 5.13. The second kappa shape index (κ2) is 7.91. The molecule has 0 bridgehead atoms. The van der Waals surface area contributed by atoms with E-state index in [0.29, 0.717) is 28.8 Å². The van der Waals surface area contributed by atoms with E-state index >= 15 is 0 Å². The zero-order valence-corrected chi connectivity index (χ0v) is 15.1. The van der Waals surface area contributed by atoms with Gasteiger partial charge in [0.1, 0.15) is 11.6 Å². The van der Waals surface area contributed by atoms with Gasteiger partial charge >= 0.3 is 0 Å². The van der Waals surface area contributed by atoms with Crippen LogP contribution in [0.1, 0.15) is 5.82 Å². The number of hydrogen-bond acceptors (Lipinski definition) is 4. The minimum atomic E-state index is -0.282. The SMILES string of the molecule is O=C(COc1cc(Cl)c(Cl)cc1Cl)NCCc1nnc2ccccn12. The second-order valence-corrected chi connectivity index (χ2v) is 6.35. The summed E-state index contributed by atoms with van der Waals surface area (Å²) in [6.07, 6.45) is 2.42. The first-order valence-corrected chi connectivity index (χ1v) is 8.50. The van der Waals surface area contributed by atoms with Gasteiger partial charge in [0.15, 0.2) is 12.3 Å². The van der Waals surface area contributed by atoms with Crippen LogP contribution in [-0.2, 0) is 11.2 Å². The van der Waals surface area contributed by atoms with Crippen LogP contribution in [0.25, 0.3) is 5.65 Å². The number of nitrogens with one attached hydrogen (secondary N) is 1. The van der Waals surface area contributed by atoms with E-state index in [-0.39, 0.29) is 17.5 Å². The molecule has 0 saturated carbocycles. The third-order valence-corrected chi connectivity index (χ3v) is 4.41. The van der Waals surface area contributed by atoms with Crippen LogP contribution in [-0.4, -0.2) is 33.7 Å². The third kappa shape index (κ3) is 4.34. The van der Waals surface area contributed by atoms with Crippen LogP contribution in [0.2, 0.25) is 15.1 Å². The Hall–Kier alpha value is -2.02. The molecule has 0 radical (unpaired) electrons. The highest BCUT2D eigenvalue weighted by atomic mass is 35.5. The smallest absolute Gasteiger partial charge is 0.257 e. The van der Waals surface area contributed by atoms with Crippen molar-refractivity contribution in [2.24, 2.45) is 0 Å². The van der Waals surface area contributed by atoms with Crippen LogP contribution in [0.15, 0.2) is 36.5 Å². The van der Waals surface area contributed by atoms with Crippen LogP contribution in [0.3, 0.4) is 0 Å². The lowest BCUT2D eigenvalue weighted by Gasteiger charge is -2.09. The largest absolute Gasteiger partial charge is 0.482 e. The quantitative estimate of drug-likeness (QED) is 0.645. The number of fused-ring (bicyclic) bond motifs is 1. The topological polar surface area (TPSA) is 68.5 Å². The fraction of sp³-hybridized carbons (Fsp3) is 0.188. The van der Waals surface area contributed by atoms with Gasteiger partial charge < -0.3 is 10.1 Å². The summed E-state index contributed by atoms with van der Waals surface area (Å²) in [4.78, 5) is 11.9. The first-order chi connectivity index (χ1) is 12.0. The van der Waals surface area contributed by atoms with Crippen molar-refractivity contribution >= 4 is 46.4 Å².